The summed E-state index contributed by atoms with van der Waals surface area (Å²) < 4.78 is 18.2. The number of hydrogen-bond donors (Lipinski definition) is 1. The molecule has 4 heteroatoms. The molecule has 0 saturated heterocycles. The van der Waals surface area contributed by atoms with Crippen molar-refractivity contribution in [2.45, 2.75) is 6.42 Å². The van der Waals surface area contributed by atoms with Gasteiger partial charge in [0.2, 0.25) is 0 Å². The molecule has 0 bridgehead atoms. The molecule has 1 amide bonds. The number of ether oxygens (including phenoxy) is 1. The highest BCUT2D eigenvalue weighted by Crippen LogP contribution is 2.28. The summed E-state index contributed by atoms with van der Waals surface area (Å²) in [6.07, 6.45) is 0.590. The van der Waals surface area contributed by atoms with E-state index in [9.17, 15) is 9.18 Å². The van der Waals surface area contributed by atoms with E-state index in [2.05, 4.69) is 5.32 Å². The minimum absolute atomic E-state index is 0.142. The van der Waals surface area contributed by atoms with E-state index in [-0.39, 0.29) is 11.7 Å². The SMILES string of the molecule is CNC(=O)C1=C(c2ccc(F)cc2)OCC1. The molecule has 16 heavy (non-hydrogen) atoms. The van der Waals surface area contributed by atoms with Crippen LogP contribution >= 0.6 is 0 Å². The van der Waals surface area contributed by atoms with Crippen LogP contribution in [0.5, 0.6) is 0 Å². The first-order chi connectivity index (χ1) is 7.72. The van der Waals surface area contributed by atoms with E-state index in [0.29, 0.717) is 24.4 Å². The third-order valence-corrected chi connectivity index (χ3v) is 2.48. The molecule has 0 spiro atoms. The second-order valence-corrected chi connectivity index (χ2v) is 3.49. The van der Waals surface area contributed by atoms with Crippen molar-refractivity contribution in [2.24, 2.45) is 0 Å². The van der Waals surface area contributed by atoms with E-state index in [1.807, 2.05) is 0 Å². The maximum absolute atomic E-state index is 12.8. The molecule has 3 nitrogen and oxygen atoms in total. The van der Waals surface area contributed by atoms with Crippen molar-refractivity contribution < 1.29 is 13.9 Å². The Bertz CT molecular complexity index is 437. The van der Waals surface area contributed by atoms with E-state index >= 15 is 0 Å². The first-order valence-corrected chi connectivity index (χ1v) is 5.06. The second-order valence-electron chi connectivity index (χ2n) is 3.49. The molecule has 1 aliphatic heterocycles. The van der Waals surface area contributed by atoms with Gasteiger partial charge in [0.05, 0.1) is 12.2 Å². The van der Waals surface area contributed by atoms with E-state index in [1.54, 1.807) is 19.2 Å². The Morgan fingerprint density at radius 3 is 2.69 bits per heavy atom. The van der Waals surface area contributed by atoms with Crippen LogP contribution in [0.25, 0.3) is 5.76 Å². The maximum atomic E-state index is 12.8. The second kappa shape index (κ2) is 4.35. The summed E-state index contributed by atoms with van der Waals surface area (Å²) in [5, 5.41) is 2.57. The van der Waals surface area contributed by atoms with Gasteiger partial charge >= 0.3 is 0 Å². The average molecular weight is 221 g/mol. The fourth-order valence-corrected chi connectivity index (χ4v) is 1.68. The minimum Gasteiger partial charge on any atom is -0.492 e. The molecule has 1 aliphatic rings. The van der Waals surface area contributed by atoms with Crippen LogP contribution in [-0.4, -0.2) is 19.6 Å². The van der Waals surface area contributed by atoms with Crippen molar-refractivity contribution in [2.75, 3.05) is 13.7 Å². The van der Waals surface area contributed by atoms with Crippen LogP contribution in [0, 0.1) is 5.82 Å². The van der Waals surface area contributed by atoms with Gasteiger partial charge in [-0.25, -0.2) is 4.39 Å². The molecule has 2 rings (SSSR count). The summed E-state index contributed by atoms with van der Waals surface area (Å²) in [4.78, 5) is 11.5. The van der Waals surface area contributed by atoms with E-state index in [0.717, 1.165) is 5.56 Å². The van der Waals surface area contributed by atoms with Gasteiger partial charge in [-0.1, -0.05) is 0 Å². The van der Waals surface area contributed by atoms with Crippen molar-refractivity contribution in [3.05, 3.63) is 41.2 Å². The molecule has 1 aromatic carbocycles. The molecule has 1 heterocycles. The largest absolute Gasteiger partial charge is 0.492 e. The van der Waals surface area contributed by atoms with Crippen molar-refractivity contribution in [3.8, 4) is 0 Å². The summed E-state index contributed by atoms with van der Waals surface area (Å²) in [6.45, 7) is 0.495. The lowest BCUT2D eigenvalue weighted by molar-refractivity contribution is -0.117. The standard InChI is InChI=1S/C12H12FNO2/c1-14-12(15)10-6-7-16-11(10)8-2-4-9(13)5-3-8/h2-5H,6-7H2,1H3,(H,14,15). The zero-order valence-electron chi connectivity index (χ0n) is 8.92. The van der Waals surface area contributed by atoms with Crippen molar-refractivity contribution in [1.29, 1.82) is 0 Å². The first kappa shape index (κ1) is 10.7. The topological polar surface area (TPSA) is 38.3 Å². The summed E-state index contributed by atoms with van der Waals surface area (Å²) in [5.41, 5.74) is 1.35. The van der Waals surface area contributed by atoms with Gasteiger partial charge in [-0.15, -0.1) is 0 Å². The Balaban J connectivity index is 2.38. The predicted molar refractivity (Wildman–Crippen MR) is 58.0 cm³/mol. The quantitative estimate of drug-likeness (QED) is 0.825. The zero-order valence-corrected chi connectivity index (χ0v) is 8.92. The normalized spacial score (nSPS) is 14.9. The molecule has 1 aromatic rings. The lowest BCUT2D eigenvalue weighted by atomic mass is 10.1. The molecule has 0 saturated carbocycles. The highest BCUT2D eigenvalue weighted by molar-refractivity contribution is 6.00. The molecular weight excluding hydrogens is 209 g/mol. The summed E-state index contributed by atoms with van der Waals surface area (Å²) in [5.74, 6) is 0.111. The van der Waals surface area contributed by atoms with Gasteiger partial charge in [-0.2, -0.15) is 0 Å². The molecule has 0 aromatic heterocycles. The fourth-order valence-electron chi connectivity index (χ4n) is 1.68. The maximum Gasteiger partial charge on any atom is 0.250 e. The van der Waals surface area contributed by atoms with Crippen LogP contribution in [0.3, 0.4) is 0 Å². The third-order valence-electron chi connectivity index (χ3n) is 2.48. The Morgan fingerprint density at radius 1 is 1.38 bits per heavy atom. The summed E-state index contributed by atoms with van der Waals surface area (Å²) in [6, 6.07) is 5.93. The van der Waals surface area contributed by atoms with E-state index in [1.165, 1.54) is 12.1 Å². The van der Waals surface area contributed by atoms with Gasteiger partial charge in [-0.3, -0.25) is 4.79 Å². The van der Waals surface area contributed by atoms with Crippen LogP contribution in [-0.2, 0) is 9.53 Å². The van der Waals surface area contributed by atoms with Crippen molar-refractivity contribution >= 4 is 11.7 Å². The predicted octanol–water partition coefficient (Wildman–Crippen LogP) is 1.70. The van der Waals surface area contributed by atoms with Crippen LogP contribution in [0.15, 0.2) is 29.8 Å². The van der Waals surface area contributed by atoms with Gasteiger partial charge < -0.3 is 10.1 Å². The fraction of sp³-hybridized carbons (Fsp3) is 0.250. The van der Waals surface area contributed by atoms with Crippen LogP contribution in [0.1, 0.15) is 12.0 Å². The zero-order chi connectivity index (χ0) is 11.5. The molecule has 84 valence electrons. The van der Waals surface area contributed by atoms with Gasteiger partial charge in [0, 0.05) is 19.0 Å². The van der Waals surface area contributed by atoms with Crippen LogP contribution < -0.4 is 5.32 Å². The van der Waals surface area contributed by atoms with Crippen molar-refractivity contribution in [1.82, 2.24) is 5.32 Å². The molecule has 1 N–H and O–H groups in total. The number of rotatable bonds is 2. The highest BCUT2D eigenvalue weighted by atomic mass is 19.1. The molecule has 0 fully saturated rings. The van der Waals surface area contributed by atoms with Crippen LogP contribution in [0.2, 0.25) is 0 Å². The number of likely N-dealkylation sites (N-methyl/N-ethyl adjacent to an activating group) is 1. The van der Waals surface area contributed by atoms with Gasteiger partial charge in [0.1, 0.15) is 11.6 Å². The number of amides is 1. The number of hydrogen-bond acceptors (Lipinski definition) is 2. The number of nitrogens with one attached hydrogen (secondary N) is 1. The Morgan fingerprint density at radius 2 is 2.06 bits per heavy atom. The molecule has 0 aliphatic carbocycles. The monoisotopic (exact) mass is 221 g/mol. The Labute approximate surface area is 92.9 Å². The van der Waals surface area contributed by atoms with Gasteiger partial charge in [-0.05, 0) is 24.3 Å². The molecular formula is C12H12FNO2. The Hall–Kier alpha value is -1.84. The van der Waals surface area contributed by atoms with Crippen LogP contribution in [0.4, 0.5) is 4.39 Å². The molecule has 0 unspecified atom stereocenters. The van der Waals surface area contributed by atoms with E-state index in [4.69, 9.17) is 4.74 Å². The van der Waals surface area contributed by atoms with E-state index < -0.39 is 0 Å². The number of carbonyl (C=O) groups is 1. The average Bonchev–Trinajstić information content (AvgIpc) is 2.78. The number of carbonyl (C=O) groups excluding carboxylic acids is 1. The minimum atomic E-state index is -0.302. The van der Waals surface area contributed by atoms with Gasteiger partial charge in [0.15, 0.2) is 0 Å². The van der Waals surface area contributed by atoms with Crippen molar-refractivity contribution in [3.63, 3.8) is 0 Å². The first-order valence-electron chi connectivity index (χ1n) is 5.06. The lowest BCUT2D eigenvalue weighted by Gasteiger charge is -2.05. The summed E-state index contributed by atoms with van der Waals surface area (Å²) in [7, 11) is 1.58. The molecule has 0 radical (unpaired) electrons. The van der Waals surface area contributed by atoms with Gasteiger partial charge in [0.25, 0.3) is 5.91 Å². The molecule has 0 atom stereocenters. The lowest BCUT2D eigenvalue weighted by Crippen LogP contribution is -2.19. The Kier molecular flexibility index (Phi) is 2.90. The summed E-state index contributed by atoms with van der Waals surface area (Å²) >= 11 is 0. The smallest absolute Gasteiger partial charge is 0.250 e. The number of halogens is 1. The third kappa shape index (κ3) is 1.91. The highest BCUT2D eigenvalue weighted by Gasteiger charge is 2.22. The number of benzene rings is 1.